The van der Waals surface area contributed by atoms with Crippen LogP contribution in [0.15, 0.2) is 24.3 Å². The minimum absolute atomic E-state index is 0.0596. The summed E-state index contributed by atoms with van der Waals surface area (Å²) in [5.74, 6) is 0.698. The van der Waals surface area contributed by atoms with E-state index >= 15 is 0 Å². The molecule has 7 heteroatoms. The second-order valence-electron chi connectivity index (χ2n) is 7.60. The van der Waals surface area contributed by atoms with Gasteiger partial charge < -0.3 is 10.5 Å². The monoisotopic (exact) mass is 361 g/mol. The number of amides is 2. The maximum absolute atomic E-state index is 13.0. The molecule has 3 unspecified atom stereocenters. The van der Waals surface area contributed by atoms with Crippen molar-refractivity contribution < 1.29 is 19.2 Å². The van der Waals surface area contributed by atoms with Gasteiger partial charge in [-0.25, -0.2) is 15.0 Å². The van der Waals surface area contributed by atoms with Crippen LogP contribution in [0.4, 0.5) is 0 Å². The van der Waals surface area contributed by atoms with E-state index in [1.54, 1.807) is 31.3 Å². The summed E-state index contributed by atoms with van der Waals surface area (Å²) in [4.78, 5) is 24.8. The van der Waals surface area contributed by atoms with Gasteiger partial charge in [-0.3, -0.25) is 10.5 Å². The van der Waals surface area contributed by atoms with Crippen molar-refractivity contribution in [3.63, 3.8) is 0 Å². The van der Waals surface area contributed by atoms with Gasteiger partial charge in [-0.15, -0.1) is 0 Å². The molecule has 2 fully saturated rings. The summed E-state index contributed by atoms with van der Waals surface area (Å²) < 4.78 is 5.93. The molecule has 0 spiro atoms. The number of hydrogen-bond acceptors (Lipinski definition) is 5. The molecule has 1 aliphatic heterocycles. The highest BCUT2D eigenvalue weighted by Gasteiger charge is 2.55. The zero-order chi connectivity index (χ0) is 18.7. The largest absolute Gasteiger partial charge is 0.491 e. The lowest BCUT2D eigenvalue weighted by Crippen LogP contribution is -3.16. The zero-order valence-electron chi connectivity index (χ0n) is 15.3. The van der Waals surface area contributed by atoms with E-state index in [2.05, 4.69) is 5.32 Å². The number of nitrogens with one attached hydrogen (secondary N) is 2. The molecule has 1 aliphatic carbocycles. The molecule has 1 aromatic carbocycles. The minimum Gasteiger partial charge on any atom is -0.491 e. The average Bonchev–Trinajstić information content (AvgIpc) is 2.85. The van der Waals surface area contributed by atoms with Gasteiger partial charge in [-0.05, 0) is 36.6 Å². The van der Waals surface area contributed by atoms with E-state index in [-0.39, 0.29) is 12.5 Å². The number of hydrogen-bond donors (Lipinski definition) is 4. The van der Waals surface area contributed by atoms with E-state index in [1.165, 1.54) is 19.3 Å². The summed E-state index contributed by atoms with van der Waals surface area (Å²) in [6.45, 7) is 0.225. The molecule has 6 N–H and O–H groups in total. The van der Waals surface area contributed by atoms with E-state index in [1.807, 2.05) is 0 Å². The van der Waals surface area contributed by atoms with Gasteiger partial charge in [0.05, 0.1) is 7.05 Å². The van der Waals surface area contributed by atoms with Crippen molar-refractivity contribution in [2.24, 2.45) is 17.4 Å². The van der Waals surface area contributed by atoms with E-state index in [4.69, 9.17) is 16.2 Å². The smallest absolute Gasteiger partial charge is 0.338 e. The fourth-order valence-electron chi connectivity index (χ4n) is 4.11. The third kappa shape index (κ3) is 3.90. The second kappa shape index (κ2) is 7.73. The van der Waals surface area contributed by atoms with Crippen molar-refractivity contribution in [3.8, 4) is 5.75 Å². The van der Waals surface area contributed by atoms with Crippen LogP contribution in [0.1, 0.15) is 48.9 Å². The van der Waals surface area contributed by atoms with Crippen molar-refractivity contribution >= 4 is 11.8 Å². The molecule has 26 heavy (non-hydrogen) atoms. The van der Waals surface area contributed by atoms with E-state index in [0.717, 1.165) is 19.3 Å². The van der Waals surface area contributed by atoms with Crippen molar-refractivity contribution in [1.29, 1.82) is 0 Å². The predicted octanol–water partition coefficient (Wildman–Crippen LogP) is -0.240. The van der Waals surface area contributed by atoms with Crippen LogP contribution < -0.4 is 26.4 Å². The van der Waals surface area contributed by atoms with Crippen LogP contribution >= 0.6 is 0 Å². The first-order valence-electron chi connectivity index (χ1n) is 9.35. The van der Waals surface area contributed by atoms with Crippen molar-refractivity contribution in [2.45, 2.75) is 50.4 Å². The Morgan fingerprint density at radius 2 is 1.92 bits per heavy atom. The van der Waals surface area contributed by atoms with Gasteiger partial charge in [0.2, 0.25) is 12.2 Å². The molecular weight excluding hydrogens is 332 g/mol. The second-order valence-corrected chi connectivity index (χ2v) is 7.60. The van der Waals surface area contributed by atoms with Gasteiger partial charge in [0.15, 0.2) is 5.54 Å². The Balaban J connectivity index is 1.73. The summed E-state index contributed by atoms with van der Waals surface area (Å²) in [7, 11) is 1.80. The summed E-state index contributed by atoms with van der Waals surface area (Å²) in [6, 6.07) is 6.64. The van der Waals surface area contributed by atoms with Gasteiger partial charge in [0.1, 0.15) is 12.4 Å². The Morgan fingerprint density at radius 3 is 2.46 bits per heavy atom. The number of carbonyl (C=O) groups excluding carboxylic acids is 2. The first kappa shape index (κ1) is 18.8. The van der Waals surface area contributed by atoms with Crippen LogP contribution in [0.5, 0.6) is 5.75 Å². The first-order valence-corrected chi connectivity index (χ1v) is 9.35. The number of ether oxygens (including phenoxy) is 1. The Hall–Kier alpha value is -1.96. The quantitative estimate of drug-likeness (QED) is 0.559. The van der Waals surface area contributed by atoms with Gasteiger partial charge in [-0.2, -0.15) is 0 Å². The van der Waals surface area contributed by atoms with Crippen LogP contribution in [0.3, 0.4) is 0 Å². The Kier molecular flexibility index (Phi) is 5.60. The molecule has 1 saturated heterocycles. The summed E-state index contributed by atoms with van der Waals surface area (Å²) in [5.41, 5.74) is 11.0. The van der Waals surface area contributed by atoms with Gasteiger partial charge in [0, 0.05) is 5.56 Å². The van der Waals surface area contributed by atoms with Gasteiger partial charge in [-0.1, -0.05) is 32.1 Å². The van der Waals surface area contributed by atoms with Crippen LogP contribution in [0.25, 0.3) is 0 Å². The highest BCUT2D eigenvalue weighted by atomic mass is 16.5. The number of primary amides is 1. The van der Waals surface area contributed by atoms with E-state index in [0.29, 0.717) is 22.1 Å². The van der Waals surface area contributed by atoms with Crippen molar-refractivity contribution in [1.82, 2.24) is 5.32 Å². The zero-order valence-corrected chi connectivity index (χ0v) is 15.3. The maximum Gasteiger partial charge on any atom is 0.338 e. The topological polar surface area (TPSA) is 112 Å². The molecular formula is C19H29N4O3+. The molecule has 7 nitrogen and oxygen atoms in total. The van der Waals surface area contributed by atoms with Crippen LogP contribution in [0.2, 0.25) is 0 Å². The molecule has 142 valence electrons. The lowest BCUT2D eigenvalue weighted by atomic mass is 9.79. The van der Waals surface area contributed by atoms with E-state index in [9.17, 15) is 9.59 Å². The molecule has 1 saturated carbocycles. The third-order valence-corrected chi connectivity index (χ3v) is 5.68. The highest BCUT2D eigenvalue weighted by molar-refractivity contribution is 5.92. The van der Waals surface area contributed by atoms with Crippen LogP contribution in [-0.4, -0.2) is 37.3 Å². The summed E-state index contributed by atoms with van der Waals surface area (Å²) in [5, 5.41) is 3.31. The lowest BCUT2D eigenvalue weighted by Gasteiger charge is -2.31. The normalized spacial score (nSPS) is 29.7. The summed E-state index contributed by atoms with van der Waals surface area (Å²) in [6.07, 6.45) is 6.34. The maximum atomic E-state index is 13.0. The number of benzene rings is 1. The molecule has 0 bridgehead atoms. The van der Waals surface area contributed by atoms with Crippen molar-refractivity contribution in [2.75, 3.05) is 13.7 Å². The number of likely N-dealkylation sites (N-methyl/N-ethyl adjacent to an activating group) is 1. The lowest BCUT2D eigenvalue weighted by molar-refractivity contribution is -0.819. The molecule has 3 atom stereocenters. The SMILES string of the molecule is C[NH+]1C(=O)C(COc2ccc(C(N)=O)cc2)(CC2CCCCC2)NC1N. The Labute approximate surface area is 154 Å². The highest BCUT2D eigenvalue weighted by Crippen LogP contribution is 2.32. The van der Waals surface area contributed by atoms with Gasteiger partial charge in [0.25, 0.3) is 0 Å². The molecule has 2 aliphatic rings. The van der Waals surface area contributed by atoms with Crippen LogP contribution in [-0.2, 0) is 4.79 Å². The standard InChI is InChI=1S/C19H28N4O3/c1-23-17(25)19(22-18(23)21,11-13-5-3-2-4-6-13)12-26-15-9-7-14(8-10-15)16(20)24/h7-10,13,18,22H,2-6,11-12,21H2,1H3,(H2,20,24)/p+1. The fraction of sp³-hybridized carbons (Fsp3) is 0.579. The Bertz CT molecular complexity index is 657. The summed E-state index contributed by atoms with van der Waals surface area (Å²) >= 11 is 0. The molecule has 0 aromatic heterocycles. The molecule has 0 radical (unpaired) electrons. The van der Waals surface area contributed by atoms with E-state index < -0.39 is 17.7 Å². The third-order valence-electron chi connectivity index (χ3n) is 5.68. The molecule has 3 rings (SSSR count). The minimum atomic E-state index is -0.770. The van der Waals surface area contributed by atoms with Crippen LogP contribution in [0, 0.1) is 5.92 Å². The number of quaternary nitrogens is 1. The molecule has 1 aromatic rings. The molecule has 2 amide bonds. The fourth-order valence-corrected chi connectivity index (χ4v) is 4.11. The number of nitrogens with two attached hydrogens (primary N) is 2. The van der Waals surface area contributed by atoms with Crippen molar-refractivity contribution in [3.05, 3.63) is 29.8 Å². The first-order chi connectivity index (χ1) is 12.4. The predicted molar refractivity (Wildman–Crippen MR) is 97.4 cm³/mol. The van der Waals surface area contributed by atoms with Gasteiger partial charge >= 0.3 is 5.91 Å². The number of rotatable bonds is 6. The Morgan fingerprint density at radius 1 is 1.27 bits per heavy atom. The number of carbonyl (C=O) groups is 2. The molecule has 1 heterocycles. The average molecular weight is 361 g/mol.